The van der Waals surface area contributed by atoms with Crippen LogP contribution in [-0.2, 0) is 6.54 Å². The predicted molar refractivity (Wildman–Crippen MR) is 73.7 cm³/mol. The van der Waals surface area contributed by atoms with Crippen molar-refractivity contribution in [2.24, 2.45) is 0 Å². The average Bonchev–Trinajstić information content (AvgIpc) is 2.39. The zero-order valence-corrected chi connectivity index (χ0v) is 10.8. The van der Waals surface area contributed by atoms with Crippen LogP contribution < -0.4 is 0 Å². The Labute approximate surface area is 108 Å². The largest absolute Gasteiger partial charge is 0.305 e. The van der Waals surface area contributed by atoms with E-state index in [1.165, 1.54) is 5.56 Å². The van der Waals surface area contributed by atoms with Gasteiger partial charge in [-0.2, -0.15) is 0 Å². The number of carbonyl (C=O) groups is 1. The van der Waals surface area contributed by atoms with Crippen molar-refractivity contribution in [2.45, 2.75) is 6.54 Å². The molecular weight excluding hydrogens is 222 g/mol. The second-order valence-electron chi connectivity index (χ2n) is 4.63. The molecule has 0 aliphatic rings. The lowest BCUT2D eigenvalue weighted by molar-refractivity contribution is 0.103. The molecule has 0 saturated heterocycles. The maximum atomic E-state index is 12.2. The molecule has 0 heterocycles. The summed E-state index contributed by atoms with van der Waals surface area (Å²) < 4.78 is 0. The maximum absolute atomic E-state index is 12.2. The van der Waals surface area contributed by atoms with Gasteiger partial charge in [-0.3, -0.25) is 4.79 Å². The summed E-state index contributed by atoms with van der Waals surface area (Å²) in [4.78, 5) is 14.3. The lowest BCUT2D eigenvalue weighted by Crippen LogP contribution is -2.10. The van der Waals surface area contributed by atoms with Gasteiger partial charge < -0.3 is 4.90 Å². The Morgan fingerprint density at radius 3 is 2.00 bits per heavy atom. The number of benzene rings is 2. The molecule has 0 amide bonds. The van der Waals surface area contributed by atoms with Crippen molar-refractivity contribution in [3.05, 3.63) is 71.3 Å². The fourth-order valence-corrected chi connectivity index (χ4v) is 1.88. The first-order valence-corrected chi connectivity index (χ1v) is 6.00. The third kappa shape index (κ3) is 3.05. The van der Waals surface area contributed by atoms with Crippen LogP contribution in [0.5, 0.6) is 0 Å². The van der Waals surface area contributed by atoms with Crippen LogP contribution in [0.25, 0.3) is 0 Å². The number of rotatable bonds is 4. The van der Waals surface area contributed by atoms with E-state index in [-0.39, 0.29) is 5.78 Å². The molecule has 0 unspecified atom stereocenters. The summed E-state index contributed by atoms with van der Waals surface area (Å²) in [7, 11) is 4.06. The van der Waals surface area contributed by atoms with Crippen molar-refractivity contribution in [2.75, 3.05) is 14.1 Å². The molecular formula is C16H17NO. The Bertz CT molecular complexity index is 515. The van der Waals surface area contributed by atoms with E-state index in [2.05, 4.69) is 4.90 Å². The Morgan fingerprint density at radius 2 is 1.44 bits per heavy atom. The quantitative estimate of drug-likeness (QED) is 0.764. The molecule has 2 rings (SSSR count). The van der Waals surface area contributed by atoms with Gasteiger partial charge in [0.1, 0.15) is 0 Å². The highest BCUT2D eigenvalue weighted by Gasteiger charge is 2.07. The number of carbonyl (C=O) groups excluding carboxylic acids is 1. The first-order chi connectivity index (χ1) is 8.66. The van der Waals surface area contributed by atoms with E-state index in [1.807, 2.05) is 68.7 Å². The SMILES string of the molecule is CN(C)Cc1ccc(C(=O)c2ccccc2)cc1. The van der Waals surface area contributed by atoms with Crippen LogP contribution in [0.4, 0.5) is 0 Å². The molecule has 2 heteroatoms. The van der Waals surface area contributed by atoms with Gasteiger partial charge in [-0.15, -0.1) is 0 Å². The first kappa shape index (κ1) is 12.5. The first-order valence-electron chi connectivity index (χ1n) is 6.00. The Morgan fingerprint density at radius 1 is 0.889 bits per heavy atom. The van der Waals surface area contributed by atoms with Gasteiger partial charge in [0, 0.05) is 17.7 Å². The topological polar surface area (TPSA) is 20.3 Å². The minimum atomic E-state index is 0.0759. The van der Waals surface area contributed by atoms with Gasteiger partial charge in [-0.05, 0) is 19.7 Å². The molecule has 0 aliphatic carbocycles. The molecule has 0 bridgehead atoms. The number of hydrogen-bond acceptors (Lipinski definition) is 2. The van der Waals surface area contributed by atoms with Crippen LogP contribution >= 0.6 is 0 Å². The summed E-state index contributed by atoms with van der Waals surface area (Å²) in [6.45, 7) is 0.889. The molecule has 2 nitrogen and oxygen atoms in total. The molecule has 0 fully saturated rings. The smallest absolute Gasteiger partial charge is 0.193 e. The minimum Gasteiger partial charge on any atom is -0.305 e. The second-order valence-corrected chi connectivity index (χ2v) is 4.63. The molecule has 2 aromatic carbocycles. The van der Waals surface area contributed by atoms with Crippen LogP contribution in [0.15, 0.2) is 54.6 Å². The fourth-order valence-electron chi connectivity index (χ4n) is 1.88. The van der Waals surface area contributed by atoms with E-state index in [4.69, 9.17) is 0 Å². The van der Waals surface area contributed by atoms with Crippen molar-refractivity contribution >= 4 is 5.78 Å². The van der Waals surface area contributed by atoms with Gasteiger partial charge in [0.05, 0.1) is 0 Å². The summed E-state index contributed by atoms with van der Waals surface area (Å²) in [5.74, 6) is 0.0759. The average molecular weight is 239 g/mol. The van der Waals surface area contributed by atoms with Crippen LogP contribution in [0.1, 0.15) is 21.5 Å². The van der Waals surface area contributed by atoms with Gasteiger partial charge in [-0.25, -0.2) is 0 Å². The lowest BCUT2D eigenvalue weighted by Gasteiger charge is -2.09. The Hall–Kier alpha value is -1.93. The third-order valence-corrected chi connectivity index (χ3v) is 2.75. The van der Waals surface area contributed by atoms with E-state index >= 15 is 0 Å². The van der Waals surface area contributed by atoms with Gasteiger partial charge in [0.2, 0.25) is 0 Å². The molecule has 0 atom stereocenters. The third-order valence-electron chi connectivity index (χ3n) is 2.75. The minimum absolute atomic E-state index is 0.0759. The van der Waals surface area contributed by atoms with E-state index in [1.54, 1.807) is 0 Å². The molecule has 92 valence electrons. The fraction of sp³-hybridized carbons (Fsp3) is 0.188. The maximum Gasteiger partial charge on any atom is 0.193 e. The van der Waals surface area contributed by atoms with Crippen molar-refractivity contribution in [3.63, 3.8) is 0 Å². The van der Waals surface area contributed by atoms with Gasteiger partial charge in [-0.1, -0.05) is 54.6 Å². The molecule has 0 saturated carbocycles. The summed E-state index contributed by atoms with van der Waals surface area (Å²) in [5, 5.41) is 0. The van der Waals surface area contributed by atoms with Gasteiger partial charge >= 0.3 is 0 Å². The summed E-state index contributed by atoms with van der Waals surface area (Å²) in [6.07, 6.45) is 0. The molecule has 18 heavy (non-hydrogen) atoms. The number of hydrogen-bond donors (Lipinski definition) is 0. The molecule has 0 spiro atoms. The van der Waals surface area contributed by atoms with Crippen molar-refractivity contribution < 1.29 is 4.79 Å². The van der Waals surface area contributed by atoms with Gasteiger partial charge in [0.25, 0.3) is 0 Å². The standard InChI is InChI=1S/C16H17NO/c1-17(2)12-13-8-10-15(11-9-13)16(18)14-6-4-3-5-7-14/h3-11H,12H2,1-2H3. The van der Waals surface area contributed by atoms with Crippen molar-refractivity contribution in [1.82, 2.24) is 4.90 Å². The summed E-state index contributed by atoms with van der Waals surface area (Å²) in [6, 6.07) is 17.2. The lowest BCUT2D eigenvalue weighted by atomic mass is 10.0. The zero-order chi connectivity index (χ0) is 13.0. The molecule has 0 aliphatic heterocycles. The zero-order valence-electron chi connectivity index (χ0n) is 10.8. The Balaban J connectivity index is 2.17. The highest BCUT2D eigenvalue weighted by molar-refractivity contribution is 6.08. The molecule has 0 N–H and O–H groups in total. The summed E-state index contributed by atoms with van der Waals surface area (Å²) in [5.41, 5.74) is 2.69. The van der Waals surface area contributed by atoms with Gasteiger partial charge in [0.15, 0.2) is 5.78 Å². The van der Waals surface area contributed by atoms with Crippen molar-refractivity contribution in [1.29, 1.82) is 0 Å². The van der Waals surface area contributed by atoms with Crippen LogP contribution in [0.3, 0.4) is 0 Å². The normalized spacial score (nSPS) is 10.6. The molecule has 0 aromatic heterocycles. The van der Waals surface area contributed by atoms with Crippen LogP contribution in [0.2, 0.25) is 0 Å². The van der Waals surface area contributed by atoms with E-state index < -0.39 is 0 Å². The molecule has 0 radical (unpaired) electrons. The van der Waals surface area contributed by atoms with Crippen LogP contribution in [-0.4, -0.2) is 24.8 Å². The van der Waals surface area contributed by atoms with E-state index in [0.717, 1.165) is 17.7 Å². The Kier molecular flexibility index (Phi) is 3.90. The second kappa shape index (κ2) is 5.61. The predicted octanol–water partition coefficient (Wildman–Crippen LogP) is 2.98. The monoisotopic (exact) mass is 239 g/mol. The van der Waals surface area contributed by atoms with E-state index in [0.29, 0.717) is 0 Å². The number of nitrogens with zero attached hydrogens (tertiary/aromatic N) is 1. The van der Waals surface area contributed by atoms with Crippen molar-refractivity contribution in [3.8, 4) is 0 Å². The number of ketones is 1. The highest BCUT2D eigenvalue weighted by Crippen LogP contribution is 2.11. The van der Waals surface area contributed by atoms with E-state index in [9.17, 15) is 4.79 Å². The van der Waals surface area contributed by atoms with Crippen LogP contribution in [0, 0.1) is 0 Å². The highest BCUT2D eigenvalue weighted by atomic mass is 16.1. The summed E-state index contributed by atoms with van der Waals surface area (Å²) >= 11 is 0. The molecule has 2 aromatic rings.